The first-order chi connectivity index (χ1) is 14.2. The second-order valence-corrected chi connectivity index (χ2v) is 8.25. The molecule has 1 fully saturated rings. The van der Waals surface area contributed by atoms with Gasteiger partial charge in [-0.05, 0) is 54.3 Å². The second-order valence-electron chi connectivity index (χ2n) is 7.34. The number of amides is 1. The van der Waals surface area contributed by atoms with Crippen molar-refractivity contribution in [2.45, 2.75) is 32.2 Å². The number of fused-ring (bicyclic) bond motifs is 1. The predicted molar refractivity (Wildman–Crippen MR) is 111 cm³/mol. The molecule has 7 heteroatoms. The SMILES string of the molecule is Cc1ccc2scc(CC(=O)N3CCC[C@@H]3c3nnc(-c4ccccn4)o3)c2c1. The third-order valence-electron chi connectivity index (χ3n) is 5.33. The molecule has 29 heavy (non-hydrogen) atoms. The highest BCUT2D eigenvalue weighted by Crippen LogP contribution is 2.34. The fraction of sp³-hybridized carbons (Fsp3) is 0.273. The Kier molecular flexibility index (Phi) is 4.60. The maximum atomic E-state index is 13.1. The smallest absolute Gasteiger partial charge is 0.266 e. The van der Waals surface area contributed by atoms with Crippen LogP contribution in [0.4, 0.5) is 0 Å². The fourth-order valence-corrected chi connectivity index (χ4v) is 4.82. The zero-order valence-corrected chi connectivity index (χ0v) is 16.9. The van der Waals surface area contributed by atoms with Crippen LogP contribution in [0.2, 0.25) is 0 Å². The van der Waals surface area contributed by atoms with Gasteiger partial charge in [0, 0.05) is 17.4 Å². The molecular formula is C22H20N4O2S. The summed E-state index contributed by atoms with van der Waals surface area (Å²) < 4.78 is 7.09. The summed E-state index contributed by atoms with van der Waals surface area (Å²) in [6, 6.07) is 11.8. The lowest BCUT2D eigenvalue weighted by Crippen LogP contribution is -2.32. The van der Waals surface area contributed by atoms with Crippen molar-refractivity contribution in [3.05, 3.63) is 65.0 Å². The lowest BCUT2D eigenvalue weighted by Gasteiger charge is -2.22. The molecule has 0 N–H and O–H groups in total. The van der Waals surface area contributed by atoms with Crippen LogP contribution in [0, 0.1) is 6.92 Å². The van der Waals surface area contributed by atoms with Crippen molar-refractivity contribution in [2.75, 3.05) is 6.54 Å². The number of rotatable bonds is 4. The fourth-order valence-electron chi connectivity index (χ4n) is 3.88. The Balaban J connectivity index is 1.37. The lowest BCUT2D eigenvalue weighted by atomic mass is 10.1. The molecule has 0 aliphatic carbocycles. The molecule has 0 saturated carbocycles. The van der Waals surface area contributed by atoms with Crippen molar-refractivity contribution in [3.63, 3.8) is 0 Å². The van der Waals surface area contributed by atoms with Gasteiger partial charge in [-0.15, -0.1) is 21.5 Å². The summed E-state index contributed by atoms with van der Waals surface area (Å²) in [7, 11) is 0. The number of aromatic nitrogens is 3. The molecule has 0 unspecified atom stereocenters. The summed E-state index contributed by atoms with van der Waals surface area (Å²) in [4.78, 5) is 19.3. The average Bonchev–Trinajstić information content (AvgIpc) is 3.48. The molecular weight excluding hydrogens is 384 g/mol. The minimum Gasteiger partial charge on any atom is -0.417 e. The Hall–Kier alpha value is -3.06. The molecule has 1 saturated heterocycles. The van der Waals surface area contributed by atoms with E-state index in [2.05, 4.69) is 45.7 Å². The Bertz CT molecular complexity index is 1170. The van der Waals surface area contributed by atoms with Crippen molar-refractivity contribution in [2.24, 2.45) is 0 Å². The van der Waals surface area contributed by atoms with Crippen molar-refractivity contribution >= 4 is 27.3 Å². The first kappa shape index (κ1) is 18.0. The van der Waals surface area contributed by atoms with E-state index in [-0.39, 0.29) is 11.9 Å². The highest BCUT2D eigenvalue weighted by Gasteiger charge is 2.34. The van der Waals surface area contributed by atoms with E-state index in [9.17, 15) is 4.79 Å². The van der Waals surface area contributed by atoms with Gasteiger partial charge in [-0.2, -0.15) is 0 Å². The van der Waals surface area contributed by atoms with Gasteiger partial charge in [0.1, 0.15) is 11.7 Å². The molecule has 146 valence electrons. The van der Waals surface area contributed by atoms with Crippen molar-refractivity contribution in [1.29, 1.82) is 0 Å². The van der Waals surface area contributed by atoms with Gasteiger partial charge < -0.3 is 9.32 Å². The topological polar surface area (TPSA) is 72.1 Å². The Morgan fingerprint density at radius 2 is 2.21 bits per heavy atom. The van der Waals surface area contributed by atoms with E-state index in [0.717, 1.165) is 18.4 Å². The van der Waals surface area contributed by atoms with Crippen LogP contribution in [0.15, 0.2) is 52.4 Å². The van der Waals surface area contributed by atoms with E-state index in [1.165, 1.54) is 15.6 Å². The zero-order valence-electron chi connectivity index (χ0n) is 16.0. The molecule has 6 nitrogen and oxygen atoms in total. The van der Waals surface area contributed by atoms with Crippen molar-refractivity contribution < 1.29 is 9.21 Å². The Labute approximate surface area is 172 Å². The Morgan fingerprint density at radius 3 is 3.07 bits per heavy atom. The third kappa shape index (κ3) is 3.42. The van der Waals surface area contributed by atoms with Gasteiger partial charge in [-0.1, -0.05) is 23.8 Å². The lowest BCUT2D eigenvalue weighted by molar-refractivity contribution is -0.131. The van der Waals surface area contributed by atoms with E-state index in [4.69, 9.17) is 4.42 Å². The van der Waals surface area contributed by atoms with Crippen LogP contribution >= 0.6 is 11.3 Å². The molecule has 0 bridgehead atoms. The summed E-state index contributed by atoms with van der Waals surface area (Å²) >= 11 is 1.69. The third-order valence-corrected chi connectivity index (χ3v) is 6.35. The largest absolute Gasteiger partial charge is 0.417 e. The zero-order chi connectivity index (χ0) is 19.8. The van der Waals surface area contributed by atoms with Crippen LogP contribution in [0.25, 0.3) is 21.7 Å². The molecule has 5 rings (SSSR count). The number of carbonyl (C=O) groups is 1. The minimum absolute atomic E-state index is 0.103. The number of carbonyl (C=O) groups excluding carboxylic acids is 1. The van der Waals surface area contributed by atoms with Crippen LogP contribution < -0.4 is 0 Å². The molecule has 1 aliphatic heterocycles. The normalized spacial score (nSPS) is 16.6. The molecule has 0 radical (unpaired) electrons. The number of hydrogen-bond acceptors (Lipinski definition) is 6. The molecule has 0 spiro atoms. The number of hydrogen-bond donors (Lipinski definition) is 0. The Morgan fingerprint density at radius 1 is 1.28 bits per heavy atom. The summed E-state index contributed by atoms with van der Waals surface area (Å²) in [5.74, 6) is 0.980. The monoisotopic (exact) mass is 404 g/mol. The van der Waals surface area contributed by atoms with Gasteiger partial charge in [0.05, 0.1) is 6.42 Å². The molecule has 1 atom stereocenters. The van der Waals surface area contributed by atoms with Gasteiger partial charge in [0.25, 0.3) is 5.89 Å². The van der Waals surface area contributed by atoms with Crippen LogP contribution in [-0.2, 0) is 11.2 Å². The van der Waals surface area contributed by atoms with E-state index >= 15 is 0 Å². The van der Waals surface area contributed by atoms with E-state index in [1.807, 2.05) is 23.1 Å². The maximum absolute atomic E-state index is 13.1. The van der Waals surface area contributed by atoms with Crippen LogP contribution in [0.3, 0.4) is 0 Å². The summed E-state index contributed by atoms with van der Waals surface area (Å²) in [6.45, 7) is 2.79. The standard InChI is InChI=1S/C22H20N4O2S/c1-14-7-8-19-16(11-14)15(13-29-19)12-20(27)26-10-4-6-18(26)22-25-24-21(28-22)17-5-2-3-9-23-17/h2-3,5,7-9,11,13,18H,4,6,10,12H2,1H3/t18-/m1/s1. The average molecular weight is 404 g/mol. The van der Waals surface area contributed by atoms with Gasteiger partial charge in [0.2, 0.25) is 11.8 Å². The number of aryl methyl sites for hydroxylation is 1. The van der Waals surface area contributed by atoms with Crippen molar-refractivity contribution in [1.82, 2.24) is 20.1 Å². The number of pyridine rings is 1. The van der Waals surface area contributed by atoms with E-state index in [1.54, 1.807) is 17.5 Å². The van der Waals surface area contributed by atoms with Crippen LogP contribution in [0.5, 0.6) is 0 Å². The quantitative estimate of drug-likeness (QED) is 0.499. The predicted octanol–water partition coefficient (Wildman–Crippen LogP) is 4.56. The number of nitrogens with zero attached hydrogens (tertiary/aromatic N) is 4. The molecule has 1 aliphatic rings. The van der Waals surface area contributed by atoms with Crippen molar-refractivity contribution in [3.8, 4) is 11.6 Å². The molecule has 1 aromatic carbocycles. The van der Waals surface area contributed by atoms with Crippen LogP contribution in [0.1, 0.15) is 35.9 Å². The molecule has 3 aromatic heterocycles. The molecule has 4 aromatic rings. The van der Waals surface area contributed by atoms with Gasteiger partial charge in [-0.3, -0.25) is 9.78 Å². The second kappa shape index (κ2) is 7.40. The van der Waals surface area contributed by atoms with E-state index in [0.29, 0.717) is 30.4 Å². The number of likely N-dealkylation sites (tertiary alicyclic amines) is 1. The highest BCUT2D eigenvalue weighted by atomic mass is 32.1. The summed E-state index contributed by atoms with van der Waals surface area (Å²) in [5.41, 5.74) is 2.93. The number of benzene rings is 1. The van der Waals surface area contributed by atoms with Crippen LogP contribution in [-0.4, -0.2) is 32.5 Å². The number of thiophene rings is 1. The summed E-state index contributed by atoms with van der Waals surface area (Å²) in [5, 5.41) is 11.6. The highest BCUT2D eigenvalue weighted by molar-refractivity contribution is 7.17. The van der Waals surface area contributed by atoms with Gasteiger partial charge in [0.15, 0.2) is 0 Å². The van der Waals surface area contributed by atoms with Gasteiger partial charge in [-0.25, -0.2) is 0 Å². The summed E-state index contributed by atoms with van der Waals surface area (Å²) in [6.07, 6.45) is 3.85. The molecule has 1 amide bonds. The van der Waals surface area contributed by atoms with Gasteiger partial charge >= 0.3 is 0 Å². The first-order valence-corrected chi connectivity index (χ1v) is 10.6. The molecule has 4 heterocycles. The van der Waals surface area contributed by atoms with E-state index < -0.39 is 0 Å². The first-order valence-electron chi connectivity index (χ1n) is 9.70. The maximum Gasteiger partial charge on any atom is 0.266 e. The minimum atomic E-state index is -0.168.